The molecule has 7 rings (SSSR count). The SMILES string of the molecule is Cc1nc(S(=O)(=O)N2CCc3c(ncnc3NC(=O)CC34CC5CC(CC(C5)C3)C4)C2)cn1C. The molecule has 0 saturated heterocycles. The maximum atomic E-state index is 13.1. The maximum Gasteiger partial charge on any atom is 0.262 e. The predicted molar refractivity (Wildman–Crippen MR) is 125 cm³/mol. The van der Waals surface area contributed by atoms with E-state index in [1.807, 2.05) is 0 Å². The Morgan fingerprint density at radius 1 is 1.15 bits per heavy atom. The summed E-state index contributed by atoms with van der Waals surface area (Å²) in [6.45, 7) is 2.22. The zero-order valence-electron chi connectivity index (χ0n) is 19.8. The first-order valence-electron chi connectivity index (χ1n) is 12.3. The Bertz CT molecular complexity index is 1200. The second-order valence-corrected chi connectivity index (χ2v) is 13.0. The van der Waals surface area contributed by atoms with E-state index < -0.39 is 10.0 Å². The fourth-order valence-corrected chi connectivity index (χ4v) is 8.88. The number of carbonyl (C=O) groups is 1. The summed E-state index contributed by atoms with van der Waals surface area (Å²) in [4.78, 5) is 26.1. The highest BCUT2D eigenvalue weighted by Gasteiger charge is 2.51. The molecule has 4 saturated carbocycles. The Hall–Kier alpha value is -2.33. The molecule has 1 amide bonds. The third-order valence-corrected chi connectivity index (χ3v) is 10.3. The van der Waals surface area contributed by atoms with Gasteiger partial charge in [-0.1, -0.05) is 0 Å². The molecule has 10 heteroatoms. The fourth-order valence-electron chi connectivity index (χ4n) is 7.45. The molecule has 182 valence electrons. The van der Waals surface area contributed by atoms with E-state index in [1.54, 1.807) is 18.5 Å². The van der Waals surface area contributed by atoms with Crippen LogP contribution in [-0.4, -0.2) is 44.7 Å². The zero-order chi connectivity index (χ0) is 23.7. The van der Waals surface area contributed by atoms with Crippen LogP contribution < -0.4 is 5.32 Å². The molecule has 0 unspecified atom stereocenters. The number of anilines is 1. The van der Waals surface area contributed by atoms with Crippen LogP contribution in [0.25, 0.3) is 0 Å². The van der Waals surface area contributed by atoms with Gasteiger partial charge in [0.25, 0.3) is 10.0 Å². The number of amides is 1. The van der Waals surface area contributed by atoms with Crippen LogP contribution in [0.3, 0.4) is 0 Å². The van der Waals surface area contributed by atoms with Crippen LogP contribution in [-0.2, 0) is 34.8 Å². The molecule has 3 heterocycles. The first kappa shape index (κ1) is 22.2. The predicted octanol–water partition coefficient (Wildman–Crippen LogP) is 2.81. The van der Waals surface area contributed by atoms with Crippen LogP contribution in [0.5, 0.6) is 0 Å². The van der Waals surface area contributed by atoms with Gasteiger partial charge in [-0.3, -0.25) is 4.79 Å². The number of aromatic nitrogens is 4. The molecule has 4 fully saturated rings. The highest BCUT2D eigenvalue weighted by atomic mass is 32.2. The molecule has 0 aromatic carbocycles. The van der Waals surface area contributed by atoms with Gasteiger partial charge in [0.05, 0.1) is 12.2 Å². The molecule has 2 aromatic rings. The minimum absolute atomic E-state index is 0.0295. The molecule has 5 aliphatic rings. The first-order chi connectivity index (χ1) is 16.2. The Labute approximate surface area is 200 Å². The number of nitrogens with one attached hydrogen (secondary N) is 1. The molecule has 4 aliphatic carbocycles. The molecule has 34 heavy (non-hydrogen) atoms. The van der Waals surface area contributed by atoms with Crippen molar-refractivity contribution >= 4 is 21.7 Å². The van der Waals surface area contributed by atoms with Crippen LogP contribution in [0.2, 0.25) is 0 Å². The van der Waals surface area contributed by atoms with E-state index in [0.29, 0.717) is 36.7 Å². The van der Waals surface area contributed by atoms with Crippen molar-refractivity contribution in [3.05, 3.63) is 29.6 Å². The quantitative estimate of drug-likeness (QED) is 0.699. The lowest BCUT2D eigenvalue weighted by Gasteiger charge is -2.56. The molecule has 0 atom stereocenters. The molecule has 4 bridgehead atoms. The molecular weight excluding hydrogens is 452 g/mol. The van der Waals surface area contributed by atoms with Crippen LogP contribution in [0.15, 0.2) is 17.6 Å². The first-order valence-corrected chi connectivity index (χ1v) is 13.8. The van der Waals surface area contributed by atoms with Crippen molar-refractivity contribution in [2.45, 2.75) is 69.9 Å². The lowest BCUT2D eigenvalue weighted by molar-refractivity contribution is -0.124. The number of hydrogen-bond donors (Lipinski definition) is 1. The Morgan fingerprint density at radius 2 is 1.82 bits per heavy atom. The minimum atomic E-state index is -3.72. The van der Waals surface area contributed by atoms with Crippen molar-refractivity contribution in [1.29, 1.82) is 0 Å². The van der Waals surface area contributed by atoms with E-state index in [1.165, 1.54) is 55.4 Å². The van der Waals surface area contributed by atoms with Gasteiger partial charge < -0.3 is 9.88 Å². The largest absolute Gasteiger partial charge is 0.337 e. The molecule has 0 radical (unpaired) electrons. The Balaban J connectivity index is 1.17. The van der Waals surface area contributed by atoms with Crippen molar-refractivity contribution < 1.29 is 13.2 Å². The average Bonchev–Trinajstić information content (AvgIpc) is 3.11. The van der Waals surface area contributed by atoms with Gasteiger partial charge in [0.15, 0.2) is 5.03 Å². The minimum Gasteiger partial charge on any atom is -0.337 e. The Morgan fingerprint density at radius 3 is 2.44 bits per heavy atom. The summed E-state index contributed by atoms with van der Waals surface area (Å²) < 4.78 is 29.3. The Kier molecular flexibility index (Phi) is 5.11. The lowest BCUT2D eigenvalue weighted by atomic mass is 9.49. The number of hydrogen-bond acceptors (Lipinski definition) is 6. The average molecular weight is 485 g/mol. The number of carbonyl (C=O) groups excluding carboxylic acids is 1. The van der Waals surface area contributed by atoms with Crippen LogP contribution in [0.1, 0.15) is 62.0 Å². The second-order valence-electron chi connectivity index (χ2n) is 11.1. The molecule has 1 aliphatic heterocycles. The van der Waals surface area contributed by atoms with Gasteiger partial charge in [-0.05, 0) is 75.0 Å². The highest BCUT2D eigenvalue weighted by molar-refractivity contribution is 7.89. The fraction of sp³-hybridized carbons (Fsp3) is 0.667. The van der Waals surface area contributed by atoms with Crippen molar-refractivity contribution in [2.75, 3.05) is 11.9 Å². The summed E-state index contributed by atoms with van der Waals surface area (Å²) in [6.07, 6.45) is 11.6. The van der Waals surface area contributed by atoms with E-state index in [0.717, 1.165) is 23.3 Å². The van der Waals surface area contributed by atoms with Gasteiger partial charge in [-0.25, -0.2) is 23.4 Å². The summed E-state index contributed by atoms with van der Waals surface area (Å²) in [5.74, 6) is 3.62. The number of fused-ring (bicyclic) bond motifs is 1. The molecular formula is C24H32N6O3S. The van der Waals surface area contributed by atoms with Crippen molar-refractivity contribution in [2.24, 2.45) is 30.2 Å². The van der Waals surface area contributed by atoms with E-state index in [9.17, 15) is 13.2 Å². The summed E-state index contributed by atoms with van der Waals surface area (Å²) in [7, 11) is -1.94. The van der Waals surface area contributed by atoms with Crippen LogP contribution >= 0.6 is 0 Å². The van der Waals surface area contributed by atoms with Crippen molar-refractivity contribution in [3.8, 4) is 0 Å². The summed E-state index contributed by atoms with van der Waals surface area (Å²) >= 11 is 0. The standard InChI is InChI=1S/C24H32N6O3S/c1-15-27-22(13-29(15)2)34(32,33)30-4-3-19-20(12-30)25-14-26-23(19)28-21(31)11-24-8-16-5-17(9-24)7-18(6-16)10-24/h13-14,16-18H,3-12H2,1-2H3,(H,25,26,28,31). The lowest BCUT2D eigenvalue weighted by Crippen LogP contribution is -2.47. The van der Waals surface area contributed by atoms with E-state index >= 15 is 0 Å². The van der Waals surface area contributed by atoms with Crippen molar-refractivity contribution in [3.63, 3.8) is 0 Å². The van der Waals surface area contributed by atoms with Crippen LogP contribution in [0, 0.1) is 30.1 Å². The van der Waals surface area contributed by atoms with Gasteiger partial charge in [-0.2, -0.15) is 4.31 Å². The monoisotopic (exact) mass is 484 g/mol. The van der Waals surface area contributed by atoms with Gasteiger partial charge in [-0.15, -0.1) is 0 Å². The third-order valence-electron chi connectivity index (χ3n) is 8.62. The van der Waals surface area contributed by atoms with Gasteiger partial charge in [0, 0.05) is 31.8 Å². The molecule has 2 aromatic heterocycles. The number of sulfonamides is 1. The highest BCUT2D eigenvalue weighted by Crippen LogP contribution is 2.61. The number of imidazole rings is 1. The van der Waals surface area contributed by atoms with Gasteiger partial charge >= 0.3 is 0 Å². The summed E-state index contributed by atoms with van der Waals surface area (Å²) in [5, 5.41) is 3.12. The smallest absolute Gasteiger partial charge is 0.262 e. The normalized spacial score (nSPS) is 30.4. The topological polar surface area (TPSA) is 110 Å². The third kappa shape index (κ3) is 3.75. The molecule has 1 N–H and O–H groups in total. The second kappa shape index (κ2) is 7.84. The summed E-state index contributed by atoms with van der Waals surface area (Å²) in [6, 6.07) is 0. The molecule has 9 nitrogen and oxygen atoms in total. The number of nitrogens with zero attached hydrogens (tertiary/aromatic N) is 5. The number of aryl methyl sites for hydroxylation is 2. The number of rotatable bonds is 5. The van der Waals surface area contributed by atoms with Crippen molar-refractivity contribution in [1.82, 2.24) is 23.8 Å². The van der Waals surface area contributed by atoms with Gasteiger partial charge in [0.2, 0.25) is 5.91 Å². The molecule has 0 spiro atoms. The van der Waals surface area contributed by atoms with E-state index in [-0.39, 0.29) is 22.9 Å². The summed E-state index contributed by atoms with van der Waals surface area (Å²) in [5.41, 5.74) is 1.64. The van der Waals surface area contributed by atoms with Crippen LogP contribution in [0.4, 0.5) is 5.82 Å². The van der Waals surface area contributed by atoms with E-state index in [4.69, 9.17) is 0 Å². The maximum absolute atomic E-state index is 13.1. The van der Waals surface area contributed by atoms with Gasteiger partial charge in [0.1, 0.15) is 18.0 Å². The zero-order valence-corrected chi connectivity index (χ0v) is 20.6. The van der Waals surface area contributed by atoms with E-state index in [2.05, 4.69) is 20.3 Å².